The molecule has 1 fully saturated rings. The summed E-state index contributed by atoms with van der Waals surface area (Å²) in [6, 6.07) is 10.1. The molecule has 0 unspecified atom stereocenters. The van der Waals surface area contributed by atoms with E-state index in [1.54, 1.807) is 0 Å². The molecule has 0 aliphatic carbocycles. The fourth-order valence-electron chi connectivity index (χ4n) is 1.72. The van der Waals surface area contributed by atoms with Gasteiger partial charge < -0.3 is 9.84 Å². The molecular weight excluding hydrogens is 164 g/mol. The summed E-state index contributed by atoms with van der Waals surface area (Å²) in [7, 11) is 0. The van der Waals surface area contributed by atoms with Crippen LogP contribution in [0.1, 0.15) is 30.9 Å². The van der Waals surface area contributed by atoms with Crippen molar-refractivity contribution in [3.05, 3.63) is 35.9 Å². The highest BCUT2D eigenvalue weighted by atomic mass is 16.6. The first kappa shape index (κ1) is 8.73. The molecule has 1 aromatic rings. The van der Waals surface area contributed by atoms with E-state index in [0.29, 0.717) is 0 Å². The smallest absolute Gasteiger partial charge is 0.155 e. The predicted molar refractivity (Wildman–Crippen MR) is 50.1 cm³/mol. The number of benzene rings is 1. The van der Waals surface area contributed by atoms with Crippen LogP contribution in [0.15, 0.2) is 30.3 Å². The van der Waals surface area contributed by atoms with Gasteiger partial charge in [-0.2, -0.15) is 0 Å². The van der Waals surface area contributed by atoms with Crippen LogP contribution in [-0.2, 0) is 4.74 Å². The van der Waals surface area contributed by atoms with Gasteiger partial charge in [0, 0.05) is 0 Å². The first-order chi connectivity index (χ1) is 6.36. The highest BCUT2D eigenvalue weighted by Gasteiger charge is 2.21. The first-order valence-electron chi connectivity index (χ1n) is 4.75. The molecule has 1 N–H and O–H groups in total. The first-order valence-corrected chi connectivity index (χ1v) is 4.75. The molecule has 0 bridgehead atoms. The summed E-state index contributed by atoms with van der Waals surface area (Å²) in [4.78, 5) is 0. The third-order valence-corrected chi connectivity index (χ3v) is 2.41. The molecule has 13 heavy (non-hydrogen) atoms. The number of ether oxygens (including phenoxy) is 1. The quantitative estimate of drug-likeness (QED) is 0.714. The Labute approximate surface area is 78.2 Å². The topological polar surface area (TPSA) is 29.5 Å². The van der Waals surface area contributed by atoms with Crippen molar-refractivity contribution in [3.63, 3.8) is 0 Å². The van der Waals surface area contributed by atoms with Crippen LogP contribution in [0.25, 0.3) is 0 Å². The molecule has 0 radical (unpaired) electrons. The molecule has 1 aliphatic rings. The standard InChI is InChI=1S/C11H14O2/c12-11-8-4-7-10(13-11)9-5-2-1-3-6-9/h1-3,5-6,10-12H,4,7-8H2/t10-,11+/m1/s1. The van der Waals surface area contributed by atoms with Crippen LogP contribution in [0, 0.1) is 0 Å². The Kier molecular flexibility index (Phi) is 2.62. The summed E-state index contributed by atoms with van der Waals surface area (Å²) in [5.41, 5.74) is 1.17. The van der Waals surface area contributed by atoms with Crippen molar-refractivity contribution < 1.29 is 9.84 Å². The van der Waals surface area contributed by atoms with E-state index >= 15 is 0 Å². The Morgan fingerprint density at radius 2 is 1.92 bits per heavy atom. The van der Waals surface area contributed by atoms with E-state index in [-0.39, 0.29) is 6.10 Å². The number of hydrogen-bond acceptors (Lipinski definition) is 2. The molecule has 1 aromatic carbocycles. The minimum Gasteiger partial charge on any atom is -0.368 e. The minimum atomic E-state index is -0.570. The van der Waals surface area contributed by atoms with Gasteiger partial charge >= 0.3 is 0 Å². The number of rotatable bonds is 1. The second kappa shape index (κ2) is 3.90. The third-order valence-electron chi connectivity index (χ3n) is 2.41. The van der Waals surface area contributed by atoms with Crippen molar-refractivity contribution in [1.82, 2.24) is 0 Å². The van der Waals surface area contributed by atoms with Gasteiger partial charge in [-0.05, 0) is 24.8 Å². The second-order valence-corrected chi connectivity index (χ2v) is 3.42. The lowest BCUT2D eigenvalue weighted by Crippen LogP contribution is -2.21. The number of aliphatic hydroxyl groups is 1. The minimum absolute atomic E-state index is 0.0879. The lowest BCUT2D eigenvalue weighted by molar-refractivity contribution is -0.164. The van der Waals surface area contributed by atoms with Gasteiger partial charge in [0.25, 0.3) is 0 Å². The molecular formula is C11H14O2. The number of aliphatic hydroxyl groups excluding tert-OH is 1. The Bertz CT molecular complexity index is 258. The zero-order chi connectivity index (χ0) is 9.10. The van der Waals surface area contributed by atoms with Crippen LogP contribution in [-0.4, -0.2) is 11.4 Å². The average Bonchev–Trinajstić information content (AvgIpc) is 2.19. The summed E-state index contributed by atoms with van der Waals surface area (Å²) in [5, 5.41) is 9.32. The molecule has 1 heterocycles. The zero-order valence-electron chi connectivity index (χ0n) is 7.52. The molecule has 2 heteroatoms. The van der Waals surface area contributed by atoms with Crippen LogP contribution in [0.4, 0.5) is 0 Å². The molecule has 0 amide bonds. The van der Waals surface area contributed by atoms with E-state index in [1.807, 2.05) is 30.3 Å². The van der Waals surface area contributed by atoms with Gasteiger partial charge in [0.05, 0.1) is 6.10 Å². The van der Waals surface area contributed by atoms with Crippen LogP contribution in [0.3, 0.4) is 0 Å². The normalized spacial score (nSPS) is 28.7. The van der Waals surface area contributed by atoms with Crippen LogP contribution in [0.5, 0.6) is 0 Å². The van der Waals surface area contributed by atoms with E-state index in [1.165, 1.54) is 5.56 Å². The SMILES string of the molecule is O[C@@H]1CCC[C@H](c2ccccc2)O1. The number of hydrogen-bond donors (Lipinski definition) is 1. The summed E-state index contributed by atoms with van der Waals surface area (Å²) in [6.45, 7) is 0. The molecule has 1 saturated heterocycles. The Hall–Kier alpha value is -0.860. The van der Waals surface area contributed by atoms with Crippen LogP contribution < -0.4 is 0 Å². The van der Waals surface area contributed by atoms with Crippen LogP contribution in [0.2, 0.25) is 0 Å². The molecule has 0 aromatic heterocycles. The van der Waals surface area contributed by atoms with Crippen molar-refractivity contribution in [2.45, 2.75) is 31.7 Å². The molecule has 0 saturated carbocycles. The van der Waals surface area contributed by atoms with Crippen molar-refractivity contribution in [2.24, 2.45) is 0 Å². The molecule has 2 rings (SSSR count). The van der Waals surface area contributed by atoms with Gasteiger partial charge in [-0.3, -0.25) is 0 Å². The van der Waals surface area contributed by atoms with Crippen molar-refractivity contribution >= 4 is 0 Å². The molecule has 70 valence electrons. The highest BCUT2D eigenvalue weighted by molar-refractivity contribution is 5.17. The maximum Gasteiger partial charge on any atom is 0.155 e. The van der Waals surface area contributed by atoms with E-state index in [2.05, 4.69) is 0 Å². The zero-order valence-corrected chi connectivity index (χ0v) is 7.52. The summed E-state index contributed by atoms with van der Waals surface area (Å²) in [5.74, 6) is 0. The maximum atomic E-state index is 9.32. The van der Waals surface area contributed by atoms with Gasteiger partial charge in [-0.25, -0.2) is 0 Å². The predicted octanol–water partition coefficient (Wildman–Crippen LogP) is 2.25. The van der Waals surface area contributed by atoms with Crippen LogP contribution >= 0.6 is 0 Å². The second-order valence-electron chi connectivity index (χ2n) is 3.42. The van der Waals surface area contributed by atoms with Gasteiger partial charge in [0.15, 0.2) is 6.29 Å². The largest absolute Gasteiger partial charge is 0.368 e. The lowest BCUT2D eigenvalue weighted by Gasteiger charge is -2.26. The molecule has 0 spiro atoms. The maximum absolute atomic E-state index is 9.32. The van der Waals surface area contributed by atoms with Crippen molar-refractivity contribution in [1.29, 1.82) is 0 Å². The van der Waals surface area contributed by atoms with Crippen molar-refractivity contribution in [2.75, 3.05) is 0 Å². The van der Waals surface area contributed by atoms with E-state index in [9.17, 15) is 5.11 Å². The fraction of sp³-hybridized carbons (Fsp3) is 0.455. The molecule has 1 aliphatic heterocycles. The summed E-state index contributed by atoms with van der Waals surface area (Å²) < 4.78 is 5.43. The summed E-state index contributed by atoms with van der Waals surface area (Å²) >= 11 is 0. The van der Waals surface area contributed by atoms with Crippen molar-refractivity contribution in [3.8, 4) is 0 Å². The van der Waals surface area contributed by atoms with E-state index < -0.39 is 6.29 Å². The van der Waals surface area contributed by atoms with E-state index in [4.69, 9.17) is 4.74 Å². The monoisotopic (exact) mass is 178 g/mol. The van der Waals surface area contributed by atoms with Gasteiger partial charge in [-0.1, -0.05) is 30.3 Å². The highest BCUT2D eigenvalue weighted by Crippen LogP contribution is 2.29. The lowest BCUT2D eigenvalue weighted by atomic mass is 10.0. The Morgan fingerprint density at radius 1 is 1.15 bits per heavy atom. The van der Waals surface area contributed by atoms with Gasteiger partial charge in [0.2, 0.25) is 0 Å². The third kappa shape index (κ3) is 2.08. The molecule has 2 atom stereocenters. The fourth-order valence-corrected chi connectivity index (χ4v) is 1.72. The summed E-state index contributed by atoms with van der Waals surface area (Å²) in [6.07, 6.45) is 2.34. The average molecular weight is 178 g/mol. The van der Waals surface area contributed by atoms with Gasteiger partial charge in [0.1, 0.15) is 0 Å². The molecule has 2 nitrogen and oxygen atoms in total. The van der Waals surface area contributed by atoms with E-state index in [0.717, 1.165) is 19.3 Å². The Morgan fingerprint density at radius 3 is 2.62 bits per heavy atom. The Balaban J connectivity index is 2.08. The van der Waals surface area contributed by atoms with Gasteiger partial charge in [-0.15, -0.1) is 0 Å².